The first kappa shape index (κ1) is 21.9. The van der Waals surface area contributed by atoms with Crippen molar-refractivity contribution in [1.29, 1.82) is 0 Å². The summed E-state index contributed by atoms with van der Waals surface area (Å²) in [6, 6.07) is 19.5. The van der Waals surface area contributed by atoms with Gasteiger partial charge in [-0.15, -0.1) is 0 Å². The molecule has 1 aliphatic rings. The number of Topliss-reactive ketones (excluding diaryl/α,β-unsaturated/α-hetero) is 1. The highest BCUT2D eigenvalue weighted by Crippen LogP contribution is 2.38. The van der Waals surface area contributed by atoms with Crippen molar-refractivity contribution in [2.75, 3.05) is 0 Å². The van der Waals surface area contributed by atoms with Crippen LogP contribution >= 0.6 is 0 Å². The van der Waals surface area contributed by atoms with Gasteiger partial charge in [-0.3, -0.25) is 4.79 Å². The molecule has 4 aromatic rings. The predicted molar refractivity (Wildman–Crippen MR) is 127 cm³/mol. The van der Waals surface area contributed by atoms with Gasteiger partial charge in [-0.2, -0.15) is 0 Å². The van der Waals surface area contributed by atoms with Crippen molar-refractivity contribution >= 4 is 5.78 Å². The monoisotopic (exact) mass is 456 g/mol. The van der Waals surface area contributed by atoms with Crippen molar-refractivity contribution in [3.63, 3.8) is 0 Å². The second kappa shape index (κ2) is 9.14. The Morgan fingerprint density at radius 2 is 1.82 bits per heavy atom. The number of H-pyrrole nitrogens is 1. The number of imidazole rings is 1. The number of ketones is 1. The summed E-state index contributed by atoms with van der Waals surface area (Å²) in [5.41, 5.74) is 2.52. The van der Waals surface area contributed by atoms with Gasteiger partial charge in [0.05, 0.1) is 0 Å². The third-order valence-electron chi connectivity index (χ3n) is 6.30. The molecular weight excluding hydrogens is 431 g/mol. The van der Waals surface area contributed by atoms with Gasteiger partial charge in [0.2, 0.25) is 0 Å². The summed E-state index contributed by atoms with van der Waals surface area (Å²) in [6.07, 6.45) is 5.56. The van der Waals surface area contributed by atoms with Crippen LogP contribution in [-0.2, 0) is 18.6 Å². The molecule has 1 heterocycles. The normalized spacial score (nSPS) is 14.8. The first-order valence-corrected chi connectivity index (χ1v) is 11.4. The van der Waals surface area contributed by atoms with E-state index in [2.05, 4.69) is 9.97 Å². The van der Waals surface area contributed by atoms with Crippen LogP contribution in [0.2, 0.25) is 0 Å². The third-order valence-corrected chi connectivity index (χ3v) is 6.30. The van der Waals surface area contributed by atoms with Gasteiger partial charge in [0, 0.05) is 35.5 Å². The zero-order chi connectivity index (χ0) is 23.5. The number of benzene rings is 3. The average molecular weight is 457 g/mol. The van der Waals surface area contributed by atoms with Crippen LogP contribution in [0.5, 0.6) is 11.5 Å². The molecule has 0 radical (unpaired) electrons. The largest absolute Gasteiger partial charge is 0.489 e. The molecule has 5 nitrogen and oxygen atoms in total. The fourth-order valence-corrected chi connectivity index (χ4v) is 4.47. The topological polar surface area (TPSA) is 64.2 Å². The number of fused-ring (bicyclic) bond motifs is 1. The van der Waals surface area contributed by atoms with Crippen LogP contribution in [0.15, 0.2) is 79.1 Å². The van der Waals surface area contributed by atoms with Crippen LogP contribution in [-0.4, -0.2) is 15.8 Å². The molecule has 0 aliphatic heterocycles. The zero-order valence-corrected chi connectivity index (χ0v) is 18.9. The minimum atomic E-state index is -0.900. The lowest BCUT2D eigenvalue weighted by Crippen LogP contribution is -2.33. The summed E-state index contributed by atoms with van der Waals surface area (Å²) in [6.45, 7) is 2.16. The number of rotatable bonds is 7. The second-order valence-electron chi connectivity index (χ2n) is 8.53. The maximum atomic E-state index is 13.3. The molecule has 0 spiro atoms. The number of aromatic nitrogens is 2. The average Bonchev–Trinajstić information content (AvgIpc) is 3.41. The second-order valence-corrected chi connectivity index (χ2v) is 8.53. The number of hydrogen-bond donors (Lipinski definition) is 1. The van der Waals surface area contributed by atoms with Gasteiger partial charge < -0.3 is 14.5 Å². The van der Waals surface area contributed by atoms with Crippen molar-refractivity contribution in [2.45, 2.75) is 38.4 Å². The van der Waals surface area contributed by atoms with Crippen molar-refractivity contribution in [3.05, 3.63) is 113 Å². The van der Waals surface area contributed by atoms with Crippen LogP contribution < -0.4 is 9.47 Å². The highest BCUT2D eigenvalue weighted by atomic mass is 19.1. The maximum Gasteiger partial charge on any atom is 0.188 e. The Balaban J connectivity index is 1.57. The van der Waals surface area contributed by atoms with E-state index >= 15 is 0 Å². The molecule has 0 saturated carbocycles. The predicted octanol–water partition coefficient (Wildman–Crippen LogP) is 5.99. The molecule has 172 valence electrons. The Morgan fingerprint density at radius 3 is 2.56 bits per heavy atom. The Morgan fingerprint density at radius 1 is 1.03 bits per heavy atom. The van der Waals surface area contributed by atoms with Crippen LogP contribution in [0.3, 0.4) is 0 Å². The van der Waals surface area contributed by atoms with E-state index in [1.807, 2.05) is 49.4 Å². The molecule has 34 heavy (non-hydrogen) atoms. The van der Waals surface area contributed by atoms with Crippen LogP contribution in [0.1, 0.15) is 52.6 Å². The van der Waals surface area contributed by atoms with E-state index in [-0.39, 0.29) is 18.2 Å². The highest BCUT2D eigenvalue weighted by molar-refractivity contribution is 5.99. The van der Waals surface area contributed by atoms with Crippen molar-refractivity contribution < 1.29 is 18.7 Å². The lowest BCUT2D eigenvalue weighted by atomic mass is 9.86. The molecule has 1 aliphatic carbocycles. The van der Waals surface area contributed by atoms with E-state index in [0.29, 0.717) is 23.7 Å². The Hall–Kier alpha value is -3.93. The molecule has 0 amide bonds. The van der Waals surface area contributed by atoms with Crippen molar-refractivity contribution in [2.24, 2.45) is 0 Å². The molecule has 5 rings (SSSR count). The Labute approximate surface area is 197 Å². The SMILES string of the molecule is C[C@](Oc1ccc2c(c1COc1ccc(F)cc1)CCCC2=O)(c1ccccc1)c1ncc[nH]1. The number of nitrogens with one attached hydrogen (secondary N) is 1. The van der Waals surface area contributed by atoms with Crippen LogP contribution in [0.4, 0.5) is 4.39 Å². The quantitative estimate of drug-likeness (QED) is 0.371. The molecule has 1 atom stereocenters. The highest BCUT2D eigenvalue weighted by Gasteiger charge is 2.35. The maximum absolute atomic E-state index is 13.3. The van der Waals surface area contributed by atoms with E-state index in [0.717, 1.165) is 35.1 Å². The van der Waals surface area contributed by atoms with Gasteiger partial charge >= 0.3 is 0 Å². The van der Waals surface area contributed by atoms with Crippen molar-refractivity contribution in [3.8, 4) is 11.5 Å². The molecule has 6 heteroatoms. The molecule has 0 unspecified atom stereocenters. The van der Waals surface area contributed by atoms with Gasteiger partial charge in [0.25, 0.3) is 0 Å². The summed E-state index contributed by atoms with van der Waals surface area (Å²) in [5.74, 6) is 1.64. The molecule has 0 fully saturated rings. The van der Waals surface area contributed by atoms with Gasteiger partial charge in [-0.25, -0.2) is 9.37 Å². The number of ether oxygens (including phenoxy) is 2. The Kier molecular flexibility index (Phi) is 5.88. The lowest BCUT2D eigenvalue weighted by Gasteiger charge is -2.32. The van der Waals surface area contributed by atoms with E-state index in [1.165, 1.54) is 12.1 Å². The molecule has 1 N–H and O–H groups in total. The van der Waals surface area contributed by atoms with Gasteiger partial charge in [0.15, 0.2) is 17.2 Å². The van der Waals surface area contributed by atoms with Crippen LogP contribution in [0, 0.1) is 5.82 Å². The minimum Gasteiger partial charge on any atom is -0.489 e. The number of halogens is 1. The van der Waals surface area contributed by atoms with Gasteiger partial charge in [0.1, 0.15) is 23.9 Å². The fourth-order valence-electron chi connectivity index (χ4n) is 4.47. The third kappa shape index (κ3) is 4.19. The summed E-state index contributed by atoms with van der Waals surface area (Å²) < 4.78 is 26.1. The number of aromatic amines is 1. The smallest absolute Gasteiger partial charge is 0.188 e. The van der Waals surface area contributed by atoms with E-state index in [9.17, 15) is 9.18 Å². The fraction of sp³-hybridized carbons (Fsp3) is 0.214. The standard InChI is InChI=1S/C28H25FN2O3/c1-28(27-30-16-17-31-27,19-6-3-2-4-7-19)34-26-15-14-23-22(8-5-9-25(23)32)24(26)18-33-21-12-10-20(29)11-13-21/h2-4,6-7,10-17H,5,8-9,18H2,1H3,(H,30,31)/t28-/m0/s1. The first-order valence-electron chi connectivity index (χ1n) is 11.4. The molecular formula is C28H25FN2O3. The van der Waals surface area contributed by atoms with E-state index < -0.39 is 5.60 Å². The number of carbonyl (C=O) groups excluding carboxylic acids is 1. The van der Waals surface area contributed by atoms with E-state index in [1.54, 1.807) is 24.5 Å². The molecule has 0 saturated heterocycles. The minimum absolute atomic E-state index is 0.132. The summed E-state index contributed by atoms with van der Waals surface area (Å²) in [7, 11) is 0. The number of carbonyl (C=O) groups is 1. The van der Waals surface area contributed by atoms with Gasteiger partial charge in [-0.1, -0.05) is 30.3 Å². The molecule has 3 aromatic carbocycles. The number of nitrogens with zero attached hydrogens (tertiary/aromatic N) is 1. The molecule has 0 bridgehead atoms. The van der Waals surface area contributed by atoms with Crippen LogP contribution in [0.25, 0.3) is 0 Å². The zero-order valence-electron chi connectivity index (χ0n) is 18.9. The van der Waals surface area contributed by atoms with Gasteiger partial charge in [-0.05, 0) is 61.7 Å². The first-order chi connectivity index (χ1) is 16.5. The summed E-state index contributed by atoms with van der Waals surface area (Å²) in [5, 5.41) is 0. The van der Waals surface area contributed by atoms with Crippen molar-refractivity contribution in [1.82, 2.24) is 9.97 Å². The molecule has 1 aromatic heterocycles. The van der Waals surface area contributed by atoms with E-state index in [4.69, 9.17) is 9.47 Å². The lowest BCUT2D eigenvalue weighted by molar-refractivity contribution is 0.0970. The summed E-state index contributed by atoms with van der Waals surface area (Å²) >= 11 is 0. The number of hydrogen-bond acceptors (Lipinski definition) is 4. The summed E-state index contributed by atoms with van der Waals surface area (Å²) in [4.78, 5) is 20.3. The Bertz CT molecular complexity index is 1290.